The summed E-state index contributed by atoms with van der Waals surface area (Å²) in [6, 6.07) is 6.93. The number of para-hydroxylation sites is 2. The van der Waals surface area contributed by atoms with E-state index in [1.54, 1.807) is 6.08 Å². The molecule has 24 heavy (non-hydrogen) atoms. The molecule has 7 heteroatoms. The number of ether oxygens (including phenoxy) is 1. The number of hydrogen-bond donors (Lipinski definition) is 0. The highest BCUT2D eigenvalue weighted by molar-refractivity contribution is 6.28. The van der Waals surface area contributed by atoms with E-state index in [-0.39, 0.29) is 5.57 Å². The van der Waals surface area contributed by atoms with Gasteiger partial charge in [0.15, 0.2) is 5.75 Å². The number of anilines is 1. The Hall–Kier alpha value is -3.09. The van der Waals surface area contributed by atoms with E-state index in [4.69, 9.17) is 4.74 Å². The Morgan fingerprint density at radius 1 is 1.00 bits per heavy atom. The quantitative estimate of drug-likeness (QED) is 0.611. The number of imide groups is 2. The number of hydrogen-bond acceptors (Lipinski definition) is 5. The van der Waals surface area contributed by atoms with Crippen molar-refractivity contribution in [2.24, 2.45) is 0 Å². The molecule has 0 aliphatic carbocycles. The Morgan fingerprint density at radius 2 is 1.62 bits per heavy atom. The van der Waals surface area contributed by atoms with Gasteiger partial charge in [0.05, 0.1) is 5.69 Å². The third-order valence-corrected chi connectivity index (χ3v) is 3.99. The number of carbonyl (C=O) groups is 3. The van der Waals surface area contributed by atoms with Crippen LogP contribution in [0.1, 0.15) is 6.92 Å². The molecule has 124 valence electrons. The summed E-state index contributed by atoms with van der Waals surface area (Å²) in [4.78, 5) is 39.8. The molecule has 7 nitrogen and oxygen atoms in total. The molecule has 0 bridgehead atoms. The highest BCUT2D eigenvalue weighted by Gasteiger charge is 2.37. The lowest BCUT2D eigenvalue weighted by molar-refractivity contribution is -0.134. The van der Waals surface area contributed by atoms with Gasteiger partial charge in [0, 0.05) is 20.6 Å². The van der Waals surface area contributed by atoms with Crippen molar-refractivity contribution in [2.45, 2.75) is 6.92 Å². The van der Waals surface area contributed by atoms with E-state index in [0.29, 0.717) is 12.4 Å². The maximum atomic E-state index is 12.2. The van der Waals surface area contributed by atoms with Gasteiger partial charge in [-0.15, -0.1) is 0 Å². The monoisotopic (exact) mass is 327 g/mol. The number of allylic oxidation sites excluding steroid dienone is 2. The Balaban J connectivity index is 1.95. The van der Waals surface area contributed by atoms with Crippen LogP contribution in [0.5, 0.6) is 5.75 Å². The van der Waals surface area contributed by atoms with Crippen LogP contribution in [0.15, 0.2) is 47.9 Å². The molecule has 2 aliphatic heterocycles. The highest BCUT2D eigenvalue weighted by atomic mass is 16.5. The molecule has 1 saturated heterocycles. The van der Waals surface area contributed by atoms with Gasteiger partial charge < -0.3 is 9.64 Å². The summed E-state index contributed by atoms with van der Waals surface area (Å²) in [6.07, 6.45) is 2.97. The largest absolute Gasteiger partial charge is 0.439 e. The fourth-order valence-electron chi connectivity index (χ4n) is 2.65. The number of amides is 4. The molecular weight excluding hydrogens is 310 g/mol. The molecule has 1 aromatic carbocycles. The van der Waals surface area contributed by atoms with Crippen molar-refractivity contribution < 1.29 is 19.1 Å². The summed E-state index contributed by atoms with van der Waals surface area (Å²) in [5.41, 5.74) is 0.845. The maximum absolute atomic E-state index is 12.2. The normalized spacial score (nSPS) is 19.1. The van der Waals surface area contributed by atoms with Gasteiger partial charge in [0.2, 0.25) is 5.88 Å². The molecular formula is C17H17N3O4. The van der Waals surface area contributed by atoms with Crippen molar-refractivity contribution in [3.63, 3.8) is 0 Å². The fourth-order valence-corrected chi connectivity index (χ4v) is 2.65. The molecule has 0 saturated carbocycles. The fraction of sp³-hybridized carbons (Fsp3) is 0.235. The lowest BCUT2D eigenvalue weighted by Crippen LogP contribution is -2.53. The lowest BCUT2D eigenvalue weighted by atomic mass is 10.1. The number of benzene rings is 1. The predicted molar refractivity (Wildman–Crippen MR) is 87.2 cm³/mol. The first-order valence-corrected chi connectivity index (χ1v) is 7.52. The van der Waals surface area contributed by atoms with Crippen LogP contribution < -0.4 is 9.64 Å². The number of rotatable bonds is 2. The van der Waals surface area contributed by atoms with Crippen LogP contribution in [0.4, 0.5) is 10.5 Å². The number of fused-ring (bicyclic) bond motifs is 1. The maximum Gasteiger partial charge on any atom is 0.333 e. The molecule has 4 amide bonds. The first-order valence-electron chi connectivity index (χ1n) is 7.52. The first-order chi connectivity index (χ1) is 11.5. The Labute approximate surface area is 139 Å². The second-order valence-corrected chi connectivity index (χ2v) is 5.41. The molecule has 2 heterocycles. The SMILES string of the molecule is CCN1C(=CC=C2C(=O)N(C)C(=O)N(C)C2=O)Oc2ccccc21. The average Bonchev–Trinajstić information content (AvgIpc) is 2.95. The molecule has 0 spiro atoms. The minimum Gasteiger partial charge on any atom is -0.439 e. The molecule has 1 fully saturated rings. The molecule has 0 atom stereocenters. The van der Waals surface area contributed by atoms with Crippen LogP contribution in [0.2, 0.25) is 0 Å². The smallest absolute Gasteiger partial charge is 0.333 e. The van der Waals surface area contributed by atoms with E-state index in [9.17, 15) is 14.4 Å². The summed E-state index contributed by atoms with van der Waals surface area (Å²) in [6.45, 7) is 2.65. The minimum absolute atomic E-state index is 0.0808. The van der Waals surface area contributed by atoms with Crippen molar-refractivity contribution in [3.05, 3.63) is 47.9 Å². The van der Waals surface area contributed by atoms with E-state index in [1.807, 2.05) is 36.1 Å². The second kappa shape index (κ2) is 5.84. The van der Waals surface area contributed by atoms with Crippen molar-refractivity contribution in [3.8, 4) is 5.75 Å². The number of likely N-dealkylation sites (N-methyl/N-ethyl adjacent to an activating group) is 2. The van der Waals surface area contributed by atoms with Gasteiger partial charge in [0.25, 0.3) is 11.8 Å². The highest BCUT2D eigenvalue weighted by Crippen LogP contribution is 2.38. The first kappa shape index (κ1) is 15.8. The van der Waals surface area contributed by atoms with E-state index in [0.717, 1.165) is 21.2 Å². The standard InChI is InChI=1S/C17H17N3O4/c1-4-20-12-7-5-6-8-13(12)24-14(20)10-9-11-15(21)18(2)17(23)19(3)16(11)22/h5-10H,4H2,1-3H3. The Morgan fingerprint density at radius 3 is 2.25 bits per heavy atom. The number of nitrogens with zero attached hydrogens (tertiary/aromatic N) is 3. The van der Waals surface area contributed by atoms with E-state index < -0.39 is 17.8 Å². The average molecular weight is 327 g/mol. The molecule has 3 rings (SSSR count). The van der Waals surface area contributed by atoms with Gasteiger partial charge in [-0.05, 0) is 31.2 Å². The van der Waals surface area contributed by atoms with Crippen LogP contribution in [0.25, 0.3) is 0 Å². The third kappa shape index (κ3) is 2.34. The number of urea groups is 1. The summed E-state index contributed by atoms with van der Waals surface area (Å²) in [5, 5.41) is 0. The number of barbiturate groups is 1. The Kier molecular flexibility index (Phi) is 3.84. The van der Waals surface area contributed by atoms with Gasteiger partial charge in [-0.3, -0.25) is 19.4 Å². The van der Waals surface area contributed by atoms with Crippen molar-refractivity contribution in [1.82, 2.24) is 9.80 Å². The van der Waals surface area contributed by atoms with Crippen LogP contribution in [0, 0.1) is 0 Å². The van der Waals surface area contributed by atoms with Gasteiger partial charge in [0.1, 0.15) is 5.57 Å². The minimum atomic E-state index is -0.644. The zero-order chi connectivity index (χ0) is 17.4. The van der Waals surface area contributed by atoms with E-state index in [1.165, 1.54) is 20.2 Å². The van der Waals surface area contributed by atoms with Crippen molar-refractivity contribution >= 4 is 23.5 Å². The van der Waals surface area contributed by atoms with Gasteiger partial charge in [-0.2, -0.15) is 0 Å². The molecule has 0 N–H and O–H groups in total. The molecule has 0 aromatic heterocycles. The molecule has 2 aliphatic rings. The summed E-state index contributed by atoms with van der Waals surface area (Å²) < 4.78 is 5.77. The van der Waals surface area contributed by atoms with Gasteiger partial charge >= 0.3 is 6.03 Å². The van der Waals surface area contributed by atoms with Crippen LogP contribution in [0.3, 0.4) is 0 Å². The van der Waals surface area contributed by atoms with E-state index >= 15 is 0 Å². The zero-order valence-corrected chi connectivity index (χ0v) is 13.6. The topological polar surface area (TPSA) is 70.2 Å². The molecule has 0 unspecified atom stereocenters. The second-order valence-electron chi connectivity index (χ2n) is 5.41. The molecule has 1 aromatic rings. The van der Waals surface area contributed by atoms with Crippen molar-refractivity contribution in [1.29, 1.82) is 0 Å². The van der Waals surface area contributed by atoms with Crippen LogP contribution in [-0.2, 0) is 9.59 Å². The predicted octanol–water partition coefficient (Wildman–Crippen LogP) is 1.72. The summed E-state index contributed by atoms with van der Waals surface area (Å²) in [5.74, 6) is -0.0132. The van der Waals surface area contributed by atoms with Gasteiger partial charge in [-0.1, -0.05) is 12.1 Å². The third-order valence-electron chi connectivity index (χ3n) is 3.99. The summed E-state index contributed by atoms with van der Waals surface area (Å²) in [7, 11) is 2.68. The Bertz CT molecular complexity index is 771. The number of carbonyl (C=O) groups excluding carboxylic acids is 3. The van der Waals surface area contributed by atoms with E-state index in [2.05, 4.69) is 0 Å². The lowest BCUT2D eigenvalue weighted by Gasteiger charge is -2.28. The molecule has 0 radical (unpaired) electrons. The van der Waals surface area contributed by atoms with Crippen molar-refractivity contribution in [2.75, 3.05) is 25.5 Å². The van der Waals surface area contributed by atoms with Crippen LogP contribution in [-0.4, -0.2) is 48.3 Å². The van der Waals surface area contributed by atoms with Gasteiger partial charge in [-0.25, -0.2) is 4.79 Å². The zero-order valence-electron chi connectivity index (χ0n) is 13.6. The summed E-state index contributed by atoms with van der Waals surface area (Å²) >= 11 is 0. The van der Waals surface area contributed by atoms with Crippen LogP contribution >= 0.6 is 0 Å².